The van der Waals surface area contributed by atoms with Crippen LogP contribution in [0.5, 0.6) is 0 Å². The van der Waals surface area contributed by atoms with Crippen LogP contribution in [0.15, 0.2) is 40.8 Å². The van der Waals surface area contributed by atoms with Gasteiger partial charge in [-0.3, -0.25) is 14.5 Å². The lowest BCUT2D eigenvalue weighted by Gasteiger charge is -2.34. The van der Waals surface area contributed by atoms with Crippen molar-refractivity contribution in [1.29, 1.82) is 0 Å². The van der Waals surface area contributed by atoms with Crippen LogP contribution in [0.3, 0.4) is 0 Å². The van der Waals surface area contributed by atoms with Crippen molar-refractivity contribution in [2.45, 2.75) is 19.9 Å². The quantitative estimate of drug-likeness (QED) is 0.874. The van der Waals surface area contributed by atoms with Crippen molar-refractivity contribution >= 4 is 11.8 Å². The highest BCUT2D eigenvalue weighted by atomic mass is 19.1. The number of nitrogens with zero attached hydrogens (tertiary/aromatic N) is 2. The molecule has 6 nitrogen and oxygen atoms in total. The maximum absolute atomic E-state index is 13.9. The highest BCUT2D eigenvalue weighted by molar-refractivity contribution is 5.92. The van der Waals surface area contributed by atoms with Crippen LogP contribution in [-0.4, -0.2) is 60.4 Å². The van der Waals surface area contributed by atoms with E-state index in [1.807, 2.05) is 18.7 Å². The molecule has 1 aliphatic heterocycles. The Kier molecular flexibility index (Phi) is 5.91. The number of amides is 2. The number of piperazine rings is 1. The number of nitrogens with one attached hydrogen (secondary N) is 1. The summed E-state index contributed by atoms with van der Waals surface area (Å²) in [7, 11) is 0. The molecule has 0 spiro atoms. The zero-order valence-corrected chi connectivity index (χ0v) is 15.6. The van der Waals surface area contributed by atoms with Crippen molar-refractivity contribution in [3.8, 4) is 11.3 Å². The van der Waals surface area contributed by atoms with Gasteiger partial charge in [0.05, 0.1) is 12.1 Å². The molecule has 0 bridgehead atoms. The third-order valence-corrected chi connectivity index (χ3v) is 4.43. The van der Waals surface area contributed by atoms with E-state index >= 15 is 0 Å². The number of hydrogen-bond acceptors (Lipinski definition) is 4. The van der Waals surface area contributed by atoms with E-state index in [2.05, 4.69) is 5.32 Å². The lowest BCUT2D eigenvalue weighted by Crippen LogP contribution is -2.51. The number of benzene rings is 1. The molecule has 2 aromatic rings. The molecule has 2 amide bonds. The second-order valence-corrected chi connectivity index (χ2v) is 6.93. The van der Waals surface area contributed by atoms with Crippen LogP contribution in [0.25, 0.3) is 11.3 Å². The van der Waals surface area contributed by atoms with Crippen LogP contribution >= 0.6 is 0 Å². The van der Waals surface area contributed by atoms with Gasteiger partial charge < -0.3 is 14.6 Å². The van der Waals surface area contributed by atoms with E-state index in [1.165, 1.54) is 6.07 Å². The van der Waals surface area contributed by atoms with E-state index in [-0.39, 0.29) is 29.4 Å². The zero-order valence-electron chi connectivity index (χ0n) is 15.6. The number of carbonyl (C=O) groups excluding carboxylic acids is 2. The topological polar surface area (TPSA) is 65.8 Å². The van der Waals surface area contributed by atoms with Gasteiger partial charge in [-0.05, 0) is 38.1 Å². The van der Waals surface area contributed by atoms with Gasteiger partial charge in [0.15, 0.2) is 5.76 Å². The Balaban J connectivity index is 1.57. The first-order valence-electron chi connectivity index (χ1n) is 9.10. The molecule has 1 saturated heterocycles. The van der Waals surface area contributed by atoms with E-state index < -0.39 is 0 Å². The molecule has 0 radical (unpaired) electrons. The van der Waals surface area contributed by atoms with Gasteiger partial charge in [0.1, 0.15) is 11.6 Å². The minimum atomic E-state index is -0.390. The molecule has 1 fully saturated rings. The minimum absolute atomic E-state index is 0.00894. The smallest absolute Gasteiger partial charge is 0.289 e. The average molecular weight is 373 g/mol. The molecule has 0 aliphatic carbocycles. The van der Waals surface area contributed by atoms with Crippen molar-refractivity contribution in [3.63, 3.8) is 0 Å². The Labute approximate surface area is 157 Å². The summed E-state index contributed by atoms with van der Waals surface area (Å²) in [6, 6.07) is 9.59. The maximum Gasteiger partial charge on any atom is 0.289 e. The molecule has 1 aliphatic rings. The van der Waals surface area contributed by atoms with Crippen molar-refractivity contribution in [1.82, 2.24) is 15.1 Å². The summed E-state index contributed by atoms with van der Waals surface area (Å²) in [5.41, 5.74) is 0.331. The van der Waals surface area contributed by atoms with E-state index in [9.17, 15) is 14.0 Å². The predicted molar refractivity (Wildman–Crippen MR) is 99.7 cm³/mol. The summed E-state index contributed by atoms with van der Waals surface area (Å²) in [5, 5.41) is 2.87. The van der Waals surface area contributed by atoms with Crippen LogP contribution in [-0.2, 0) is 4.79 Å². The molecule has 3 rings (SSSR count). The lowest BCUT2D eigenvalue weighted by molar-refractivity contribution is -0.123. The highest BCUT2D eigenvalue weighted by Crippen LogP contribution is 2.25. The average Bonchev–Trinajstić information content (AvgIpc) is 3.11. The minimum Gasteiger partial charge on any atom is -0.451 e. The Morgan fingerprint density at radius 1 is 1.11 bits per heavy atom. The number of hydrogen-bond donors (Lipinski definition) is 1. The third-order valence-electron chi connectivity index (χ3n) is 4.43. The first kappa shape index (κ1) is 19.1. The summed E-state index contributed by atoms with van der Waals surface area (Å²) >= 11 is 0. The number of furan rings is 1. The summed E-state index contributed by atoms with van der Waals surface area (Å²) in [4.78, 5) is 28.2. The monoisotopic (exact) mass is 373 g/mol. The van der Waals surface area contributed by atoms with E-state index in [4.69, 9.17) is 4.42 Å². The molecule has 0 saturated carbocycles. The zero-order chi connectivity index (χ0) is 19.4. The third kappa shape index (κ3) is 4.74. The molecule has 1 aromatic carbocycles. The van der Waals surface area contributed by atoms with E-state index in [0.717, 1.165) is 0 Å². The molecule has 1 aromatic heterocycles. The predicted octanol–water partition coefficient (Wildman–Crippen LogP) is 2.37. The summed E-state index contributed by atoms with van der Waals surface area (Å²) in [5.74, 6) is -0.0898. The molecule has 144 valence electrons. The van der Waals surface area contributed by atoms with Gasteiger partial charge >= 0.3 is 0 Å². The SMILES string of the molecule is CC(C)NC(=O)CN1CCN(C(=O)c2ccc(-c3ccccc3F)o2)CC1. The Morgan fingerprint density at radius 3 is 2.48 bits per heavy atom. The second-order valence-electron chi connectivity index (χ2n) is 6.93. The first-order valence-corrected chi connectivity index (χ1v) is 9.10. The van der Waals surface area contributed by atoms with Gasteiger partial charge in [0.2, 0.25) is 5.91 Å². The number of rotatable bonds is 5. The molecule has 27 heavy (non-hydrogen) atoms. The van der Waals surface area contributed by atoms with Crippen molar-refractivity contribution < 1.29 is 18.4 Å². The Morgan fingerprint density at radius 2 is 1.81 bits per heavy atom. The molecule has 7 heteroatoms. The normalized spacial score (nSPS) is 15.2. The van der Waals surface area contributed by atoms with Crippen LogP contribution in [0.4, 0.5) is 4.39 Å². The number of halogens is 1. The van der Waals surface area contributed by atoms with Gasteiger partial charge in [-0.2, -0.15) is 0 Å². The number of carbonyl (C=O) groups is 2. The van der Waals surface area contributed by atoms with Gasteiger partial charge in [-0.15, -0.1) is 0 Å². The molecular formula is C20H24FN3O3. The molecule has 0 atom stereocenters. The summed E-state index contributed by atoms with van der Waals surface area (Å²) in [6.07, 6.45) is 0. The standard InChI is InChI=1S/C20H24FN3O3/c1-14(2)22-19(25)13-23-9-11-24(12-10-23)20(26)18-8-7-17(27-18)15-5-3-4-6-16(15)21/h3-8,14H,9-13H2,1-2H3,(H,22,25). The van der Waals surface area contributed by atoms with Crippen molar-refractivity contribution in [3.05, 3.63) is 48.0 Å². The van der Waals surface area contributed by atoms with Crippen LogP contribution in [0.2, 0.25) is 0 Å². The molecule has 1 N–H and O–H groups in total. The Hall–Kier alpha value is -2.67. The fourth-order valence-electron chi connectivity index (χ4n) is 3.09. The molecule has 0 unspecified atom stereocenters. The second kappa shape index (κ2) is 8.35. The summed E-state index contributed by atoms with van der Waals surface area (Å²) < 4.78 is 19.5. The van der Waals surface area contributed by atoms with Gasteiger partial charge in [-0.1, -0.05) is 12.1 Å². The maximum atomic E-state index is 13.9. The highest BCUT2D eigenvalue weighted by Gasteiger charge is 2.25. The lowest BCUT2D eigenvalue weighted by atomic mass is 10.1. The van der Waals surface area contributed by atoms with Crippen LogP contribution < -0.4 is 5.32 Å². The van der Waals surface area contributed by atoms with E-state index in [0.29, 0.717) is 44.0 Å². The van der Waals surface area contributed by atoms with Gasteiger partial charge in [0, 0.05) is 32.2 Å². The van der Waals surface area contributed by atoms with Crippen molar-refractivity contribution in [2.24, 2.45) is 0 Å². The molecular weight excluding hydrogens is 349 g/mol. The Bertz CT molecular complexity index is 810. The summed E-state index contributed by atoms with van der Waals surface area (Å²) in [6.45, 7) is 6.46. The first-order chi connectivity index (χ1) is 12.9. The fraction of sp³-hybridized carbons (Fsp3) is 0.400. The van der Waals surface area contributed by atoms with Crippen molar-refractivity contribution in [2.75, 3.05) is 32.7 Å². The largest absolute Gasteiger partial charge is 0.451 e. The molecule has 2 heterocycles. The van der Waals surface area contributed by atoms with E-state index in [1.54, 1.807) is 35.2 Å². The van der Waals surface area contributed by atoms with Gasteiger partial charge in [0.25, 0.3) is 5.91 Å². The van der Waals surface area contributed by atoms with Gasteiger partial charge in [-0.25, -0.2) is 4.39 Å². The van der Waals surface area contributed by atoms with Crippen LogP contribution in [0, 0.1) is 5.82 Å². The van der Waals surface area contributed by atoms with Crippen LogP contribution in [0.1, 0.15) is 24.4 Å². The fourth-order valence-corrected chi connectivity index (χ4v) is 3.09.